The molecule has 2 fully saturated rings. The van der Waals surface area contributed by atoms with E-state index < -0.39 is 11.6 Å². The molecule has 0 amide bonds. The molecule has 2 aromatic carbocycles. The van der Waals surface area contributed by atoms with Gasteiger partial charge in [-0.1, -0.05) is 48.0 Å². The number of benzene rings is 2. The van der Waals surface area contributed by atoms with Gasteiger partial charge >= 0.3 is 0 Å². The van der Waals surface area contributed by atoms with Crippen molar-refractivity contribution in [2.75, 3.05) is 7.11 Å². The molecule has 1 nitrogen and oxygen atoms in total. The van der Waals surface area contributed by atoms with E-state index in [-0.39, 0.29) is 11.7 Å². The second-order valence-corrected chi connectivity index (χ2v) is 10.2. The minimum absolute atomic E-state index is 0.0136. The Balaban J connectivity index is 1.17. The number of aryl methyl sites for hydroxylation is 1. The van der Waals surface area contributed by atoms with Crippen molar-refractivity contribution in [2.45, 2.75) is 83.0 Å². The van der Waals surface area contributed by atoms with Crippen molar-refractivity contribution < 1.29 is 13.5 Å². The van der Waals surface area contributed by atoms with E-state index in [1.54, 1.807) is 12.1 Å². The van der Waals surface area contributed by atoms with Crippen LogP contribution in [-0.2, 0) is 0 Å². The largest absolute Gasteiger partial charge is 0.494 e. The Morgan fingerprint density at radius 2 is 1.48 bits per heavy atom. The maximum atomic E-state index is 14.4. The first-order chi connectivity index (χ1) is 16.0. The summed E-state index contributed by atoms with van der Waals surface area (Å²) < 4.78 is 33.4. The first-order valence-corrected chi connectivity index (χ1v) is 12.8. The van der Waals surface area contributed by atoms with Crippen LogP contribution in [-0.4, -0.2) is 7.11 Å². The van der Waals surface area contributed by atoms with Gasteiger partial charge in [0.25, 0.3) is 0 Å². The van der Waals surface area contributed by atoms with Gasteiger partial charge in [0.15, 0.2) is 11.6 Å². The van der Waals surface area contributed by atoms with Gasteiger partial charge in [0.05, 0.1) is 7.11 Å². The van der Waals surface area contributed by atoms with Crippen LogP contribution in [0, 0.1) is 30.4 Å². The van der Waals surface area contributed by atoms with Crippen molar-refractivity contribution in [3.63, 3.8) is 0 Å². The zero-order valence-corrected chi connectivity index (χ0v) is 20.2. The molecule has 3 heteroatoms. The van der Waals surface area contributed by atoms with Gasteiger partial charge in [-0.15, -0.1) is 0 Å². The lowest BCUT2D eigenvalue weighted by atomic mass is 9.76. The van der Waals surface area contributed by atoms with E-state index in [2.05, 4.69) is 43.3 Å². The summed E-state index contributed by atoms with van der Waals surface area (Å²) >= 11 is 0. The predicted molar refractivity (Wildman–Crippen MR) is 132 cm³/mol. The topological polar surface area (TPSA) is 9.23 Å². The van der Waals surface area contributed by atoms with Crippen LogP contribution in [0.15, 0.2) is 48.6 Å². The van der Waals surface area contributed by atoms with E-state index >= 15 is 0 Å². The minimum Gasteiger partial charge on any atom is -0.494 e. The van der Waals surface area contributed by atoms with Gasteiger partial charge in [0, 0.05) is 0 Å². The van der Waals surface area contributed by atoms with E-state index in [4.69, 9.17) is 4.74 Å². The van der Waals surface area contributed by atoms with Gasteiger partial charge in [-0.3, -0.25) is 0 Å². The molecule has 0 radical (unpaired) electrons. The number of rotatable bonds is 7. The maximum Gasteiger partial charge on any atom is 0.200 e. The molecule has 2 aromatic rings. The van der Waals surface area contributed by atoms with Gasteiger partial charge in [-0.2, -0.15) is 4.39 Å². The lowest BCUT2D eigenvalue weighted by Gasteiger charge is -2.29. The molecule has 2 aliphatic rings. The molecule has 0 atom stereocenters. The Hall–Kier alpha value is -2.16. The fourth-order valence-electron chi connectivity index (χ4n) is 5.89. The molecule has 2 saturated carbocycles. The predicted octanol–water partition coefficient (Wildman–Crippen LogP) is 8.87. The molecular formula is C30H38F2O. The smallest absolute Gasteiger partial charge is 0.200 e. The van der Waals surface area contributed by atoms with E-state index in [0.717, 1.165) is 43.9 Å². The van der Waals surface area contributed by atoms with Crippen molar-refractivity contribution in [1.82, 2.24) is 0 Å². The van der Waals surface area contributed by atoms with E-state index in [0.29, 0.717) is 11.5 Å². The molecule has 0 bridgehead atoms. The highest BCUT2D eigenvalue weighted by Crippen LogP contribution is 2.40. The average molecular weight is 453 g/mol. The summed E-state index contributed by atoms with van der Waals surface area (Å²) in [4.78, 5) is 0. The summed E-state index contributed by atoms with van der Waals surface area (Å²) in [5.41, 5.74) is 3.37. The zero-order chi connectivity index (χ0) is 23.2. The summed E-state index contributed by atoms with van der Waals surface area (Å²) in [5.74, 6) is 0.702. The molecule has 4 rings (SSSR count). The monoisotopic (exact) mass is 452 g/mol. The molecule has 0 spiro atoms. The molecule has 0 heterocycles. The van der Waals surface area contributed by atoms with Crippen LogP contribution in [0.2, 0.25) is 0 Å². The van der Waals surface area contributed by atoms with Crippen molar-refractivity contribution in [3.8, 4) is 5.75 Å². The lowest BCUT2D eigenvalue weighted by molar-refractivity contribution is 0.304. The first-order valence-electron chi connectivity index (χ1n) is 12.8. The summed E-state index contributed by atoms with van der Waals surface area (Å²) in [7, 11) is 1.37. The van der Waals surface area contributed by atoms with Gasteiger partial charge in [-0.25, -0.2) is 4.39 Å². The van der Waals surface area contributed by atoms with Gasteiger partial charge in [0.2, 0.25) is 5.82 Å². The summed E-state index contributed by atoms with van der Waals surface area (Å²) in [5, 5.41) is 0. The van der Waals surface area contributed by atoms with Crippen molar-refractivity contribution in [1.29, 1.82) is 0 Å². The second kappa shape index (κ2) is 11.3. The lowest BCUT2D eigenvalue weighted by Crippen LogP contribution is -2.15. The number of hydrogen-bond acceptors (Lipinski definition) is 1. The normalized spacial score (nSPS) is 25.9. The van der Waals surface area contributed by atoms with Crippen molar-refractivity contribution in [2.24, 2.45) is 11.8 Å². The molecule has 0 aromatic heterocycles. The first kappa shape index (κ1) is 24.0. The summed E-state index contributed by atoms with van der Waals surface area (Å²) in [6.45, 7) is 2.15. The summed E-state index contributed by atoms with van der Waals surface area (Å²) in [6, 6.07) is 12.4. The molecular weight excluding hydrogens is 414 g/mol. The highest BCUT2D eigenvalue weighted by atomic mass is 19.2. The maximum absolute atomic E-state index is 14.4. The van der Waals surface area contributed by atoms with E-state index in [1.807, 2.05) is 0 Å². The van der Waals surface area contributed by atoms with Crippen molar-refractivity contribution >= 4 is 0 Å². The summed E-state index contributed by atoms with van der Waals surface area (Å²) in [6.07, 6.45) is 16.5. The molecule has 0 saturated heterocycles. The third-order valence-corrected chi connectivity index (χ3v) is 8.05. The number of hydrogen-bond donors (Lipinski definition) is 0. The van der Waals surface area contributed by atoms with Crippen LogP contribution < -0.4 is 4.74 Å². The molecule has 178 valence electrons. The third kappa shape index (κ3) is 6.05. The van der Waals surface area contributed by atoms with Crippen molar-refractivity contribution in [3.05, 3.63) is 76.9 Å². The molecule has 0 unspecified atom stereocenters. The van der Waals surface area contributed by atoms with Crippen LogP contribution in [0.25, 0.3) is 0 Å². The number of methoxy groups -OCH3 is 1. The Labute approximate surface area is 198 Å². The highest BCUT2D eigenvalue weighted by Gasteiger charge is 2.26. The Morgan fingerprint density at radius 1 is 0.818 bits per heavy atom. The van der Waals surface area contributed by atoms with Gasteiger partial charge in [0.1, 0.15) is 0 Å². The van der Waals surface area contributed by atoms with Crippen LogP contribution in [0.4, 0.5) is 8.78 Å². The van der Waals surface area contributed by atoms with E-state index in [9.17, 15) is 8.78 Å². The van der Waals surface area contributed by atoms with Crippen LogP contribution in [0.5, 0.6) is 5.75 Å². The molecule has 0 aliphatic heterocycles. The van der Waals surface area contributed by atoms with E-state index in [1.165, 1.54) is 50.3 Å². The third-order valence-electron chi connectivity index (χ3n) is 8.05. The second-order valence-electron chi connectivity index (χ2n) is 10.2. The highest BCUT2D eigenvalue weighted by molar-refractivity contribution is 5.33. The Morgan fingerprint density at radius 3 is 2.15 bits per heavy atom. The average Bonchev–Trinajstić information content (AvgIpc) is 2.85. The standard InChI is InChI=1S/C30H38F2O/c1-21-7-13-24(14-8-21)25-15-9-22(10-16-25)5-3-4-6-23-11-17-26(18-12-23)27-19-20-28(33-2)30(32)29(27)31/h3,5,7-8,13-14,19-20,22-23,25-26H,4,6,9-12,15-18H2,1-2H3/b5-3+. The van der Waals surface area contributed by atoms with Gasteiger partial charge in [-0.05, 0) is 112 Å². The number of halogens is 2. The Bertz CT molecular complexity index is 917. The van der Waals surface area contributed by atoms with Crippen LogP contribution in [0.1, 0.15) is 92.7 Å². The quantitative estimate of drug-likeness (QED) is 0.381. The zero-order valence-electron chi connectivity index (χ0n) is 20.2. The van der Waals surface area contributed by atoms with Crippen LogP contribution in [0.3, 0.4) is 0 Å². The molecule has 33 heavy (non-hydrogen) atoms. The number of allylic oxidation sites excluding steroid dienone is 2. The number of ether oxygens (including phenoxy) is 1. The Kier molecular flexibility index (Phi) is 8.22. The fraction of sp³-hybridized carbons (Fsp3) is 0.533. The van der Waals surface area contributed by atoms with Crippen LogP contribution >= 0.6 is 0 Å². The van der Waals surface area contributed by atoms with Gasteiger partial charge < -0.3 is 4.74 Å². The SMILES string of the molecule is COc1ccc(C2CCC(CC/C=C/C3CCC(c4ccc(C)cc4)CC3)CC2)c(F)c1F. The minimum atomic E-state index is -0.852. The molecule has 2 aliphatic carbocycles. The fourth-order valence-corrected chi connectivity index (χ4v) is 5.89. The molecule has 0 N–H and O–H groups in total.